The highest BCUT2D eigenvalue weighted by atomic mass is 16.7. The number of hydrogen-bond donors (Lipinski definition) is 2. The van der Waals surface area contributed by atoms with Gasteiger partial charge in [-0.25, -0.2) is 4.79 Å². The van der Waals surface area contributed by atoms with Crippen molar-refractivity contribution >= 4 is 17.6 Å². The number of ether oxygens (including phenoxy) is 3. The van der Waals surface area contributed by atoms with Crippen LogP contribution in [0.15, 0.2) is 66.7 Å². The molecule has 2 N–H and O–H groups in total. The SMILES string of the molecule is CC12CC(NC(=O)N1c1ccc(C(=O)NCc3ccc4c(c3)OCO4)cc1)c1ccccc1O2. The lowest BCUT2D eigenvalue weighted by atomic mass is 9.90. The van der Waals surface area contributed by atoms with Gasteiger partial charge in [0, 0.05) is 29.8 Å². The van der Waals surface area contributed by atoms with E-state index in [1.807, 2.05) is 49.4 Å². The third kappa shape index (κ3) is 3.39. The molecule has 2 unspecified atom stereocenters. The van der Waals surface area contributed by atoms with Gasteiger partial charge in [-0.3, -0.25) is 9.69 Å². The average molecular weight is 457 g/mol. The summed E-state index contributed by atoms with van der Waals surface area (Å²) in [5.74, 6) is 1.95. The number of benzene rings is 3. The van der Waals surface area contributed by atoms with Crippen molar-refractivity contribution in [3.05, 3.63) is 83.4 Å². The van der Waals surface area contributed by atoms with Crippen molar-refractivity contribution in [1.82, 2.24) is 10.6 Å². The molecule has 0 aliphatic carbocycles. The number of anilines is 1. The molecule has 3 amide bonds. The average Bonchev–Trinajstić information content (AvgIpc) is 3.30. The molecule has 2 atom stereocenters. The van der Waals surface area contributed by atoms with Crippen molar-refractivity contribution in [2.24, 2.45) is 0 Å². The van der Waals surface area contributed by atoms with Crippen LogP contribution in [-0.4, -0.2) is 24.5 Å². The Morgan fingerprint density at radius 1 is 1.06 bits per heavy atom. The van der Waals surface area contributed by atoms with Crippen LogP contribution in [0.4, 0.5) is 10.5 Å². The van der Waals surface area contributed by atoms with E-state index in [2.05, 4.69) is 10.6 Å². The van der Waals surface area contributed by atoms with Crippen molar-refractivity contribution in [3.63, 3.8) is 0 Å². The van der Waals surface area contributed by atoms with E-state index in [1.165, 1.54) is 0 Å². The molecule has 3 aliphatic rings. The first kappa shape index (κ1) is 20.4. The fourth-order valence-corrected chi connectivity index (χ4v) is 4.81. The molecule has 0 aromatic heterocycles. The third-order valence-electron chi connectivity index (χ3n) is 6.46. The van der Waals surface area contributed by atoms with Gasteiger partial charge in [-0.15, -0.1) is 0 Å². The first-order chi connectivity index (χ1) is 16.5. The molecule has 0 spiro atoms. The second-order valence-electron chi connectivity index (χ2n) is 8.77. The number of urea groups is 1. The first-order valence-electron chi connectivity index (χ1n) is 11.2. The van der Waals surface area contributed by atoms with Crippen LogP contribution in [0, 0.1) is 0 Å². The Hall–Kier alpha value is -4.20. The van der Waals surface area contributed by atoms with Crippen LogP contribution in [0.5, 0.6) is 17.2 Å². The van der Waals surface area contributed by atoms with Crippen LogP contribution >= 0.6 is 0 Å². The van der Waals surface area contributed by atoms with Gasteiger partial charge in [-0.1, -0.05) is 24.3 Å². The Labute approximate surface area is 196 Å². The molecular formula is C26H23N3O5. The first-order valence-corrected chi connectivity index (χ1v) is 11.2. The molecule has 3 aromatic rings. The monoisotopic (exact) mass is 457 g/mol. The predicted octanol–water partition coefficient (Wildman–Crippen LogP) is 4.11. The van der Waals surface area contributed by atoms with Crippen molar-refractivity contribution < 1.29 is 23.8 Å². The minimum atomic E-state index is -0.829. The summed E-state index contributed by atoms with van der Waals surface area (Å²) in [6.07, 6.45) is 0.619. The summed E-state index contributed by atoms with van der Waals surface area (Å²) in [7, 11) is 0. The molecule has 34 heavy (non-hydrogen) atoms. The summed E-state index contributed by atoms with van der Waals surface area (Å²) in [4.78, 5) is 27.3. The summed E-state index contributed by atoms with van der Waals surface area (Å²) < 4.78 is 17.0. The largest absolute Gasteiger partial charge is 0.467 e. The van der Waals surface area contributed by atoms with Gasteiger partial charge in [0.05, 0.1) is 6.04 Å². The Morgan fingerprint density at radius 3 is 2.71 bits per heavy atom. The number of para-hydroxylation sites is 1. The standard InChI is InChI=1S/C26H23N3O5/c1-26-13-20(19-4-2-3-5-21(19)34-26)28-25(31)29(26)18-9-7-17(8-10-18)24(30)27-14-16-6-11-22-23(12-16)33-15-32-22/h2-12,20H,13-15H2,1H3,(H,27,30)(H,28,31). The molecular weight excluding hydrogens is 434 g/mol. The Morgan fingerprint density at radius 2 is 1.85 bits per heavy atom. The molecule has 3 heterocycles. The molecule has 1 saturated heterocycles. The van der Waals surface area contributed by atoms with E-state index in [4.69, 9.17) is 14.2 Å². The van der Waals surface area contributed by atoms with Gasteiger partial charge in [-0.05, 0) is 55.0 Å². The lowest BCUT2D eigenvalue weighted by Gasteiger charge is -2.50. The molecule has 6 rings (SSSR count). The van der Waals surface area contributed by atoms with Crippen LogP contribution in [0.3, 0.4) is 0 Å². The summed E-state index contributed by atoms with van der Waals surface area (Å²) in [6, 6.07) is 20.0. The van der Waals surface area contributed by atoms with E-state index in [9.17, 15) is 9.59 Å². The second-order valence-corrected chi connectivity index (χ2v) is 8.77. The van der Waals surface area contributed by atoms with Gasteiger partial charge in [0.25, 0.3) is 5.91 Å². The highest BCUT2D eigenvalue weighted by Crippen LogP contribution is 2.45. The van der Waals surface area contributed by atoms with Crippen LogP contribution in [0.2, 0.25) is 0 Å². The van der Waals surface area contributed by atoms with Crippen LogP contribution in [-0.2, 0) is 6.54 Å². The molecule has 3 aliphatic heterocycles. The van der Waals surface area contributed by atoms with Gasteiger partial charge in [-0.2, -0.15) is 0 Å². The number of amides is 3. The molecule has 2 bridgehead atoms. The quantitative estimate of drug-likeness (QED) is 0.615. The number of nitrogens with one attached hydrogen (secondary N) is 2. The van der Waals surface area contributed by atoms with Crippen molar-refractivity contribution in [2.75, 3.05) is 11.7 Å². The molecule has 8 heteroatoms. The highest BCUT2D eigenvalue weighted by Gasteiger charge is 2.49. The van der Waals surface area contributed by atoms with E-state index in [1.54, 1.807) is 29.2 Å². The Bertz CT molecular complexity index is 1290. The number of rotatable bonds is 4. The number of nitrogens with zero attached hydrogens (tertiary/aromatic N) is 1. The zero-order valence-corrected chi connectivity index (χ0v) is 18.5. The van der Waals surface area contributed by atoms with Crippen LogP contribution < -0.4 is 29.7 Å². The van der Waals surface area contributed by atoms with Crippen molar-refractivity contribution in [3.8, 4) is 17.2 Å². The van der Waals surface area contributed by atoms with E-state index < -0.39 is 5.72 Å². The second kappa shape index (κ2) is 7.69. The fraction of sp³-hybridized carbons (Fsp3) is 0.231. The summed E-state index contributed by atoms with van der Waals surface area (Å²) >= 11 is 0. The van der Waals surface area contributed by atoms with Gasteiger partial charge < -0.3 is 24.8 Å². The zero-order chi connectivity index (χ0) is 23.3. The van der Waals surface area contributed by atoms with Gasteiger partial charge >= 0.3 is 6.03 Å². The molecule has 0 saturated carbocycles. The summed E-state index contributed by atoms with van der Waals surface area (Å²) in [5, 5.41) is 5.99. The maximum atomic E-state index is 13.0. The van der Waals surface area contributed by atoms with Crippen molar-refractivity contribution in [1.29, 1.82) is 0 Å². The Kier molecular flexibility index (Phi) is 4.62. The lowest BCUT2D eigenvalue weighted by molar-refractivity contribution is 0.0379. The number of carbonyl (C=O) groups is 2. The zero-order valence-electron chi connectivity index (χ0n) is 18.5. The lowest BCUT2D eigenvalue weighted by Crippen LogP contribution is -2.65. The van der Waals surface area contributed by atoms with E-state index in [0.29, 0.717) is 35.7 Å². The minimum Gasteiger partial charge on any atom is -0.467 e. The number of fused-ring (bicyclic) bond motifs is 5. The van der Waals surface area contributed by atoms with E-state index >= 15 is 0 Å². The van der Waals surface area contributed by atoms with E-state index in [-0.39, 0.29) is 24.8 Å². The topological polar surface area (TPSA) is 89.1 Å². The van der Waals surface area contributed by atoms with Crippen LogP contribution in [0.25, 0.3) is 0 Å². The molecule has 8 nitrogen and oxygen atoms in total. The molecule has 1 fully saturated rings. The van der Waals surface area contributed by atoms with Gasteiger partial charge in [0.1, 0.15) is 5.75 Å². The fourth-order valence-electron chi connectivity index (χ4n) is 4.81. The van der Waals surface area contributed by atoms with E-state index in [0.717, 1.165) is 16.9 Å². The normalized spacial score (nSPS) is 21.9. The van der Waals surface area contributed by atoms with Crippen molar-refractivity contribution in [2.45, 2.75) is 31.7 Å². The smallest absolute Gasteiger partial charge is 0.325 e. The van der Waals surface area contributed by atoms with Gasteiger partial charge in [0.2, 0.25) is 6.79 Å². The molecule has 0 radical (unpaired) electrons. The maximum absolute atomic E-state index is 13.0. The minimum absolute atomic E-state index is 0.0973. The predicted molar refractivity (Wildman–Crippen MR) is 124 cm³/mol. The number of carbonyl (C=O) groups excluding carboxylic acids is 2. The molecule has 172 valence electrons. The summed E-state index contributed by atoms with van der Waals surface area (Å²) in [5.41, 5.74) is 2.23. The van der Waals surface area contributed by atoms with Gasteiger partial charge in [0.15, 0.2) is 17.2 Å². The highest BCUT2D eigenvalue weighted by molar-refractivity contribution is 5.97. The maximum Gasteiger partial charge on any atom is 0.325 e. The van der Waals surface area contributed by atoms with Crippen LogP contribution in [0.1, 0.15) is 40.9 Å². The summed E-state index contributed by atoms with van der Waals surface area (Å²) in [6.45, 7) is 2.49. The Balaban J connectivity index is 1.17. The third-order valence-corrected chi connectivity index (χ3v) is 6.46. The molecule has 3 aromatic carbocycles. The number of hydrogen-bond acceptors (Lipinski definition) is 5.